The molecule has 0 aromatic heterocycles. The Morgan fingerprint density at radius 1 is 0.608 bits per heavy atom. The van der Waals surface area contributed by atoms with E-state index in [9.17, 15) is 31.1 Å². The van der Waals surface area contributed by atoms with Gasteiger partial charge in [-0.15, -0.1) is 0 Å². The topological polar surface area (TPSA) is 65.0 Å². The fraction of sp³-hybridized carbons (Fsp3) is 0.175. The number of halogens is 6. The molecule has 5 aromatic carbocycles. The molecule has 0 aliphatic rings. The van der Waals surface area contributed by atoms with Crippen LogP contribution in [0.2, 0.25) is 0 Å². The van der Waals surface area contributed by atoms with Crippen molar-refractivity contribution in [2.45, 2.75) is 26.2 Å². The van der Waals surface area contributed by atoms with Crippen LogP contribution in [0, 0.1) is 6.92 Å². The third-order valence-corrected chi connectivity index (χ3v) is 7.90. The first-order valence-electron chi connectivity index (χ1n) is 15.7. The van der Waals surface area contributed by atoms with E-state index in [0.717, 1.165) is 24.3 Å². The molecule has 0 bridgehead atoms. The summed E-state index contributed by atoms with van der Waals surface area (Å²) in [6.07, 6.45) is -8.90. The minimum Gasteiger partial charge on any atom is -0.494 e. The molecular weight excluding hydrogens is 674 g/mol. The van der Waals surface area contributed by atoms with Gasteiger partial charge in [-0.1, -0.05) is 72.8 Å². The summed E-state index contributed by atoms with van der Waals surface area (Å²) in [6.45, 7) is 3.36. The predicted molar refractivity (Wildman–Crippen MR) is 181 cm³/mol. The van der Waals surface area contributed by atoms with Gasteiger partial charge in [-0.2, -0.15) is 26.3 Å². The van der Waals surface area contributed by atoms with E-state index in [4.69, 9.17) is 19.3 Å². The van der Waals surface area contributed by atoms with Gasteiger partial charge >= 0.3 is 18.3 Å². The highest BCUT2D eigenvalue weighted by molar-refractivity contribution is 5.83. The maximum absolute atomic E-state index is 13.1. The molecule has 0 aliphatic heterocycles. The van der Waals surface area contributed by atoms with E-state index in [1.807, 2.05) is 31.2 Å². The van der Waals surface area contributed by atoms with Gasteiger partial charge in [0.2, 0.25) is 0 Å². The average Bonchev–Trinajstić information content (AvgIpc) is 3.10. The summed E-state index contributed by atoms with van der Waals surface area (Å²) in [5, 5.41) is 8.93. The number of benzene rings is 5. The highest BCUT2D eigenvalue weighted by Crippen LogP contribution is 2.35. The molecule has 5 rings (SSSR count). The van der Waals surface area contributed by atoms with E-state index in [1.165, 1.54) is 24.3 Å². The van der Waals surface area contributed by atoms with Crippen LogP contribution in [0.3, 0.4) is 0 Å². The summed E-state index contributed by atoms with van der Waals surface area (Å²) in [7, 11) is 0. The standard InChI is InChI=1S/C40H32F6O5/c1-3-49-36(23-50-34-20-21-35(25(2)22-34)51-24-37(47)48)38(30-8-4-26(5-9-30)28-12-16-32(17-13-28)39(41,42)43)31-10-6-27(7-11-31)29-14-18-33(19-15-29)40(44,45)46/h4-22H,3,23-24H2,1-2H3,(H,47,48). The molecule has 0 aliphatic carbocycles. The highest BCUT2D eigenvalue weighted by atomic mass is 19.4. The van der Waals surface area contributed by atoms with Crippen LogP contribution in [0.1, 0.15) is 34.7 Å². The van der Waals surface area contributed by atoms with Crippen molar-refractivity contribution in [3.05, 3.63) is 149 Å². The summed E-state index contributed by atoms with van der Waals surface area (Å²) in [6, 6.07) is 29.2. The van der Waals surface area contributed by atoms with Gasteiger partial charge in [-0.25, -0.2) is 4.79 Å². The fourth-order valence-corrected chi connectivity index (χ4v) is 5.37. The van der Waals surface area contributed by atoms with Crippen molar-refractivity contribution in [3.63, 3.8) is 0 Å². The van der Waals surface area contributed by atoms with E-state index >= 15 is 0 Å². The number of carbonyl (C=O) groups is 1. The lowest BCUT2D eigenvalue weighted by molar-refractivity contribution is -0.139. The third-order valence-electron chi connectivity index (χ3n) is 7.90. The molecule has 0 unspecified atom stereocenters. The van der Waals surface area contributed by atoms with Crippen LogP contribution in [0.5, 0.6) is 11.5 Å². The molecule has 264 valence electrons. The normalized spacial score (nSPS) is 11.5. The van der Waals surface area contributed by atoms with Crippen molar-refractivity contribution >= 4 is 11.5 Å². The summed E-state index contributed by atoms with van der Waals surface area (Å²) in [4.78, 5) is 10.9. The molecule has 51 heavy (non-hydrogen) atoms. The minimum absolute atomic E-state index is 0.0146. The maximum Gasteiger partial charge on any atom is 0.416 e. The number of carboxylic acid groups (broad SMARTS) is 1. The van der Waals surface area contributed by atoms with Crippen molar-refractivity contribution in [2.24, 2.45) is 0 Å². The lowest BCUT2D eigenvalue weighted by Crippen LogP contribution is -2.11. The zero-order valence-electron chi connectivity index (χ0n) is 27.4. The Kier molecular flexibility index (Phi) is 11.1. The number of ether oxygens (including phenoxy) is 3. The number of rotatable bonds is 12. The molecule has 0 atom stereocenters. The van der Waals surface area contributed by atoms with Gasteiger partial charge < -0.3 is 19.3 Å². The monoisotopic (exact) mass is 706 g/mol. The number of hydrogen-bond acceptors (Lipinski definition) is 4. The Morgan fingerprint density at radius 2 is 1.04 bits per heavy atom. The van der Waals surface area contributed by atoms with Gasteiger partial charge in [0.1, 0.15) is 23.9 Å². The van der Waals surface area contributed by atoms with Crippen molar-refractivity contribution in [1.82, 2.24) is 0 Å². The van der Waals surface area contributed by atoms with Gasteiger partial charge in [0.25, 0.3) is 0 Å². The van der Waals surface area contributed by atoms with Crippen LogP contribution in [0.25, 0.3) is 27.8 Å². The van der Waals surface area contributed by atoms with Gasteiger partial charge in [0, 0.05) is 5.57 Å². The molecule has 5 aromatic rings. The van der Waals surface area contributed by atoms with E-state index in [-0.39, 0.29) is 13.2 Å². The van der Waals surface area contributed by atoms with E-state index in [2.05, 4.69) is 0 Å². The lowest BCUT2D eigenvalue weighted by Gasteiger charge is -2.19. The predicted octanol–water partition coefficient (Wildman–Crippen LogP) is 10.7. The van der Waals surface area contributed by atoms with Crippen LogP contribution in [0.4, 0.5) is 26.3 Å². The Labute approximate surface area is 290 Å². The van der Waals surface area contributed by atoms with Crippen LogP contribution in [0.15, 0.2) is 121 Å². The van der Waals surface area contributed by atoms with Gasteiger partial charge in [0.05, 0.1) is 17.7 Å². The molecule has 0 saturated heterocycles. The smallest absolute Gasteiger partial charge is 0.416 e. The molecule has 0 heterocycles. The molecule has 1 N–H and O–H groups in total. The Morgan fingerprint density at radius 3 is 1.41 bits per heavy atom. The second-order valence-electron chi connectivity index (χ2n) is 11.4. The first-order valence-corrected chi connectivity index (χ1v) is 15.7. The van der Waals surface area contributed by atoms with Gasteiger partial charge in [-0.05, 0) is 95.3 Å². The number of alkyl halides is 6. The molecule has 0 fully saturated rings. The van der Waals surface area contributed by atoms with Crippen LogP contribution < -0.4 is 9.47 Å². The fourth-order valence-electron chi connectivity index (χ4n) is 5.37. The summed E-state index contributed by atoms with van der Waals surface area (Å²) >= 11 is 0. The minimum atomic E-state index is -4.45. The van der Waals surface area contributed by atoms with E-state index in [0.29, 0.717) is 61.8 Å². The number of carboxylic acids is 1. The van der Waals surface area contributed by atoms with Crippen LogP contribution >= 0.6 is 0 Å². The SMILES string of the molecule is CCOC(COc1ccc(OCC(=O)O)c(C)c1)=C(c1ccc(-c2ccc(C(F)(F)F)cc2)cc1)c1ccc(-c2ccc(C(F)(F)F)cc2)cc1. The molecule has 5 nitrogen and oxygen atoms in total. The Balaban J connectivity index is 1.50. The molecule has 11 heteroatoms. The van der Waals surface area contributed by atoms with Crippen molar-refractivity contribution in [2.75, 3.05) is 19.8 Å². The quantitative estimate of drug-likeness (QED) is 0.103. The zero-order chi connectivity index (χ0) is 36.8. The van der Waals surface area contributed by atoms with Gasteiger partial charge in [0.15, 0.2) is 6.61 Å². The maximum atomic E-state index is 13.1. The second kappa shape index (κ2) is 15.5. The number of hydrogen-bond donors (Lipinski definition) is 1. The van der Waals surface area contributed by atoms with Gasteiger partial charge in [-0.3, -0.25) is 0 Å². The summed E-state index contributed by atoms with van der Waals surface area (Å²) < 4.78 is 96.3. The lowest BCUT2D eigenvalue weighted by atomic mass is 9.93. The average molecular weight is 707 g/mol. The number of aryl methyl sites for hydroxylation is 1. The Bertz CT molecular complexity index is 1880. The van der Waals surface area contributed by atoms with Crippen molar-refractivity contribution in [1.29, 1.82) is 0 Å². The van der Waals surface area contributed by atoms with Crippen molar-refractivity contribution < 1.29 is 50.5 Å². The third kappa shape index (κ3) is 9.30. The van der Waals surface area contributed by atoms with Crippen molar-refractivity contribution in [3.8, 4) is 33.8 Å². The largest absolute Gasteiger partial charge is 0.494 e. The zero-order valence-corrected chi connectivity index (χ0v) is 27.4. The molecule has 0 saturated carbocycles. The highest BCUT2D eigenvalue weighted by Gasteiger charge is 2.31. The number of aliphatic carboxylic acids is 1. The molecular formula is C40H32F6O5. The summed E-state index contributed by atoms with van der Waals surface area (Å²) in [5.74, 6) is 0.230. The van der Waals surface area contributed by atoms with Crippen LogP contribution in [-0.2, 0) is 21.9 Å². The first-order chi connectivity index (χ1) is 24.2. The molecule has 0 amide bonds. The summed E-state index contributed by atoms with van der Waals surface area (Å²) in [5.41, 5.74) is 3.85. The van der Waals surface area contributed by atoms with Crippen LogP contribution in [-0.4, -0.2) is 30.9 Å². The molecule has 0 spiro atoms. The van der Waals surface area contributed by atoms with E-state index < -0.39 is 36.1 Å². The second-order valence-corrected chi connectivity index (χ2v) is 11.4. The van der Waals surface area contributed by atoms with E-state index in [1.54, 1.807) is 49.4 Å². The molecule has 0 radical (unpaired) electrons. The first kappa shape index (κ1) is 36.6. The Hall–Kier alpha value is -5.71.